The second-order valence-corrected chi connectivity index (χ2v) is 8.43. The van der Waals surface area contributed by atoms with E-state index in [4.69, 9.17) is 4.74 Å². The molecule has 5 aromatic rings. The van der Waals surface area contributed by atoms with Gasteiger partial charge in [-0.2, -0.15) is 0 Å². The molecule has 6 heteroatoms. The molecule has 0 atom stereocenters. The van der Waals surface area contributed by atoms with Crippen molar-refractivity contribution >= 4 is 5.97 Å². The van der Waals surface area contributed by atoms with Gasteiger partial charge in [-0.1, -0.05) is 18.2 Å². The summed E-state index contributed by atoms with van der Waals surface area (Å²) in [6, 6.07) is 22.2. The van der Waals surface area contributed by atoms with Crippen molar-refractivity contribution in [3.05, 3.63) is 133 Å². The van der Waals surface area contributed by atoms with Crippen molar-refractivity contribution in [2.24, 2.45) is 0 Å². The molecule has 176 valence electrons. The van der Waals surface area contributed by atoms with Crippen LogP contribution >= 0.6 is 0 Å². The van der Waals surface area contributed by atoms with E-state index in [1.54, 1.807) is 24.8 Å². The average molecular weight is 475 g/mol. The summed E-state index contributed by atoms with van der Waals surface area (Å²) < 4.78 is 9.30. The molecule has 0 aliphatic heterocycles. The summed E-state index contributed by atoms with van der Waals surface area (Å²) in [6.45, 7) is 1.11. The van der Waals surface area contributed by atoms with Gasteiger partial charge in [-0.05, 0) is 46.5 Å². The second-order valence-electron chi connectivity index (χ2n) is 8.43. The first kappa shape index (κ1) is 23.1. The smallest absolute Gasteiger partial charge is 0.338 e. The van der Waals surface area contributed by atoms with E-state index in [1.807, 2.05) is 67.3 Å². The van der Waals surface area contributed by atoms with Gasteiger partial charge in [0.15, 0.2) is 37.9 Å². The topological polar surface area (TPSA) is 59.8 Å². The molecular formula is C30H26N4O2+2. The third kappa shape index (κ3) is 5.18. The standard InChI is InChI=1S/C30H26N4O2/c1-36-30(35)29-27(21-33-17-9-25(10-18-33)23-5-13-31-14-6-23)3-2-4-28(29)22-34-19-11-26(12-20-34)24-7-15-32-16-8-24/h2-20H,21-22H2,1H3/q+2. The Balaban J connectivity index is 1.40. The highest BCUT2D eigenvalue weighted by atomic mass is 16.5. The molecule has 0 N–H and O–H groups in total. The van der Waals surface area contributed by atoms with Crippen molar-refractivity contribution in [3.63, 3.8) is 0 Å². The van der Waals surface area contributed by atoms with Crippen molar-refractivity contribution in [1.82, 2.24) is 9.97 Å². The second kappa shape index (κ2) is 10.7. The quantitative estimate of drug-likeness (QED) is 0.261. The Morgan fingerprint density at radius 1 is 0.639 bits per heavy atom. The lowest BCUT2D eigenvalue weighted by molar-refractivity contribution is -0.689. The van der Waals surface area contributed by atoms with Gasteiger partial charge in [-0.3, -0.25) is 9.97 Å². The molecule has 6 nitrogen and oxygen atoms in total. The molecule has 5 rings (SSSR count). The zero-order valence-corrected chi connectivity index (χ0v) is 20.0. The minimum Gasteiger partial charge on any atom is -0.465 e. The fraction of sp³-hybridized carbons (Fsp3) is 0.100. The van der Waals surface area contributed by atoms with Gasteiger partial charge in [0.05, 0.1) is 12.7 Å². The van der Waals surface area contributed by atoms with E-state index in [0.29, 0.717) is 18.7 Å². The highest BCUT2D eigenvalue weighted by Gasteiger charge is 2.21. The third-order valence-electron chi connectivity index (χ3n) is 6.14. The van der Waals surface area contributed by atoms with Crippen molar-refractivity contribution in [2.75, 3.05) is 7.11 Å². The lowest BCUT2D eigenvalue weighted by Gasteiger charge is -2.10. The van der Waals surface area contributed by atoms with Gasteiger partial charge in [-0.15, -0.1) is 0 Å². The SMILES string of the molecule is COC(=O)c1c(C[n+]2ccc(-c3ccncc3)cc2)cccc1C[n+]1ccc(-c2ccncc2)cc1. The van der Waals surface area contributed by atoms with Crippen LogP contribution in [-0.2, 0) is 17.8 Å². The Morgan fingerprint density at radius 2 is 1.03 bits per heavy atom. The monoisotopic (exact) mass is 474 g/mol. The summed E-state index contributed by atoms with van der Waals surface area (Å²) in [6.07, 6.45) is 15.2. The molecule has 0 saturated heterocycles. The molecule has 0 amide bonds. The summed E-state index contributed by atoms with van der Waals surface area (Å²) in [5, 5.41) is 0. The van der Waals surface area contributed by atoms with Crippen LogP contribution in [0.2, 0.25) is 0 Å². The Labute approximate surface area is 210 Å². The van der Waals surface area contributed by atoms with E-state index in [9.17, 15) is 4.79 Å². The molecule has 0 aliphatic rings. The van der Waals surface area contributed by atoms with Crippen LogP contribution in [0, 0.1) is 0 Å². The predicted molar refractivity (Wildman–Crippen MR) is 136 cm³/mol. The molecule has 0 spiro atoms. The molecule has 4 heterocycles. The van der Waals surface area contributed by atoms with Crippen LogP contribution in [0.1, 0.15) is 21.5 Å². The van der Waals surface area contributed by atoms with Crippen molar-refractivity contribution in [1.29, 1.82) is 0 Å². The summed E-state index contributed by atoms with van der Waals surface area (Å²) in [7, 11) is 1.43. The number of rotatable bonds is 7. The van der Waals surface area contributed by atoms with E-state index in [0.717, 1.165) is 33.4 Å². The summed E-state index contributed by atoms with van der Waals surface area (Å²) in [5.74, 6) is -0.330. The number of hydrogen-bond acceptors (Lipinski definition) is 4. The number of esters is 1. The van der Waals surface area contributed by atoms with Crippen LogP contribution in [-0.4, -0.2) is 23.0 Å². The van der Waals surface area contributed by atoms with Gasteiger partial charge in [-0.25, -0.2) is 13.9 Å². The molecule has 0 radical (unpaired) electrons. The zero-order chi connectivity index (χ0) is 24.7. The van der Waals surface area contributed by atoms with E-state index < -0.39 is 0 Å². The Hall–Kier alpha value is -4.71. The van der Waals surface area contributed by atoms with Gasteiger partial charge in [0, 0.05) is 60.2 Å². The van der Waals surface area contributed by atoms with E-state index in [2.05, 4.69) is 43.4 Å². The van der Waals surface area contributed by atoms with E-state index in [-0.39, 0.29) is 5.97 Å². The lowest BCUT2D eigenvalue weighted by Crippen LogP contribution is -2.36. The highest BCUT2D eigenvalue weighted by molar-refractivity contribution is 5.92. The van der Waals surface area contributed by atoms with Gasteiger partial charge in [0.25, 0.3) is 0 Å². The molecule has 0 aliphatic carbocycles. The van der Waals surface area contributed by atoms with Gasteiger partial charge in [0.2, 0.25) is 0 Å². The van der Waals surface area contributed by atoms with Gasteiger partial charge in [0.1, 0.15) is 0 Å². The van der Waals surface area contributed by atoms with E-state index in [1.165, 1.54) is 7.11 Å². The number of carbonyl (C=O) groups excluding carboxylic acids is 1. The maximum Gasteiger partial charge on any atom is 0.338 e. The fourth-order valence-electron chi connectivity index (χ4n) is 4.27. The highest BCUT2D eigenvalue weighted by Crippen LogP contribution is 2.19. The Morgan fingerprint density at radius 3 is 1.42 bits per heavy atom. The van der Waals surface area contributed by atoms with Crippen LogP contribution in [0.3, 0.4) is 0 Å². The maximum absolute atomic E-state index is 12.9. The number of nitrogens with zero attached hydrogens (tertiary/aromatic N) is 4. The lowest BCUT2D eigenvalue weighted by atomic mass is 10.00. The first-order valence-corrected chi connectivity index (χ1v) is 11.7. The number of carbonyl (C=O) groups is 1. The summed E-state index contributed by atoms with van der Waals surface area (Å²) in [5.41, 5.74) is 6.88. The maximum atomic E-state index is 12.9. The molecule has 0 fully saturated rings. The normalized spacial score (nSPS) is 10.7. The fourth-order valence-corrected chi connectivity index (χ4v) is 4.27. The Bertz CT molecular complexity index is 1350. The number of hydrogen-bond donors (Lipinski definition) is 0. The van der Waals surface area contributed by atoms with Crippen molar-refractivity contribution in [3.8, 4) is 22.3 Å². The number of methoxy groups -OCH3 is 1. The van der Waals surface area contributed by atoms with Gasteiger partial charge < -0.3 is 4.74 Å². The molecular weight excluding hydrogens is 448 g/mol. The minimum absolute atomic E-state index is 0.330. The molecule has 0 saturated carbocycles. The summed E-state index contributed by atoms with van der Waals surface area (Å²) >= 11 is 0. The molecule has 0 bridgehead atoms. The third-order valence-corrected chi connectivity index (χ3v) is 6.14. The first-order valence-electron chi connectivity index (χ1n) is 11.7. The largest absolute Gasteiger partial charge is 0.465 e. The summed E-state index contributed by atoms with van der Waals surface area (Å²) in [4.78, 5) is 21.0. The number of aromatic nitrogens is 4. The van der Waals surface area contributed by atoms with Crippen molar-refractivity contribution < 1.29 is 18.7 Å². The average Bonchev–Trinajstić information content (AvgIpc) is 2.95. The number of benzene rings is 1. The van der Waals surface area contributed by atoms with Gasteiger partial charge >= 0.3 is 5.97 Å². The molecule has 4 aromatic heterocycles. The number of ether oxygens (including phenoxy) is 1. The zero-order valence-electron chi connectivity index (χ0n) is 20.0. The van der Waals surface area contributed by atoms with Crippen LogP contribution in [0.4, 0.5) is 0 Å². The molecule has 1 aromatic carbocycles. The van der Waals surface area contributed by atoms with Crippen LogP contribution < -0.4 is 9.13 Å². The molecule has 0 unspecified atom stereocenters. The van der Waals surface area contributed by atoms with Crippen LogP contribution in [0.15, 0.2) is 116 Å². The van der Waals surface area contributed by atoms with Crippen molar-refractivity contribution in [2.45, 2.75) is 13.1 Å². The van der Waals surface area contributed by atoms with Crippen LogP contribution in [0.25, 0.3) is 22.3 Å². The Kier molecular flexibility index (Phi) is 6.85. The number of pyridine rings is 4. The minimum atomic E-state index is -0.330. The molecule has 36 heavy (non-hydrogen) atoms. The first-order chi connectivity index (χ1) is 17.7. The van der Waals surface area contributed by atoms with E-state index >= 15 is 0 Å². The predicted octanol–water partition coefficient (Wildman–Crippen LogP) is 4.27. The van der Waals surface area contributed by atoms with Crippen LogP contribution in [0.5, 0.6) is 0 Å².